The Morgan fingerprint density at radius 3 is 2.74 bits per heavy atom. The number of aliphatic hydroxyl groups is 1. The number of nitrogens with one attached hydrogen (secondary N) is 1. The highest BCUT2D eigenvalue weighted by Gasteiger charge is 2.75. The van der Waals surface area contributed by atoms with E-state index < -0.39 is 47.5 Å². The molecule has 3 heterocycles. The van der Waals surface area contributed by atoms with Crippen molar-refractivity contribution in [3.05, 3.63) is 28.8 Å². The number of fused-ring (bicyclic) bond motifs is 1. The number of amides is 2. The molecular formula is C25H33ClN2O6. The molecule has 2 bridgehead atoms. The van der Waals surface area contributed by atoms with Gasteiger partial charge >= 0.3 is 5.97 Å². The van der Waals surface area contributed by atoms with E-state index in [0.29, 0.717) is 30.0 Å². The number of ether oxygens (including phenoxy) is 2. The molecule has 8 nitrogen and oxygen atoms in total. The maximum Gasteiger partial charge on any atom is 0.312 e. The predicted octanol–water partition coefficient (Wildman–Crippen LogP) is 2.93. The molecule has 186 valence electrons. The molecule has 1 spiro atoms. The van der Waals surface area contributed by atoms with Gasteiger partial charge in [0.2, 0.25) is 11.8 Å². The third-order valence-corrected chi connectivity index (χ3v) is 8.18. The number of rotatable bonds is 8. The topological polar surface area (TPSA) is 105 Å². The van der Waals surface area contributed by atoms with Gasteiger partial charge < -0.3 is 24.8 Å². The molecule has 3 aliphatic heterocycles. The maximum absolute atomic E-state index is 13.9. The largest absolute Gasteiger partial charge is 0.466 e. The van der Waals surface area contributed by atoms with Gasteiger partial charge in [0.05, 0.1) is 47.9 Å². The number of halogens is 1. The third kappa shape index (κ3) is 3.71. The minimum atomic E-state index is -1.15. The van der Waals surface area contributed by atoms with Crippen molar-refractivity contribution < 1.29 is 29.0 Å². The van der Waals surface area contributed by atoms with Gasteiger partial charge in [0.15, 0.2) is 0 Å². The molecule has 3 aliphatic rings. The Morgan fingerprint density at radius 2 is 2.12 bits per heavy atom. The van der Waals surface area contributed by atoms with E-state index in [2.05, 4.69) is 5.32 Å². The van der Waals surface area contributed by atoms with E-state index in [0.717, 1.165) is 5.56 Å². The zero-order valence-corrected chi connectivity index (χ0v) is 20.8. The van der Waals surface area contributed by atoms with Crippen molar-refractivity contribution >= 4 is 35.1 Å². The van der Waals surface area contributed by atoms with Crippen LogP contribution < -0.4 is 5.32 Å². The lowest BCUT2D eigenvalue weighted by atomic mass is 9.70. The number of anilines is 1. The van der Waals surface area contributed by atoms with Crippen LogP contribution in [0.1, 0.15) is 45.6 Å². The molecular weight excluding hydrogens is 460 g/mol. The number of likely N-dealkylation sites (tertiary alicyclic amines) is 1. The lowest BCUT2D eigenvalue weighted by Crippen LogP contribution is -2.57. The first-order chi connectivity index (χ1) is 16.2. The molecule has 1 aromatic rings. The smallest absolute Gasteiger partial charge is 0.312 e. The Labute approximate surface area is 204 Å². The van der Waals surface area contributed by atoms with Crippen molar-refractivity contribution in [3.8, 4) is 0 Å². The van der Waals surface area contributed by atoms with Crippen LogP contribution in [0.4, 0.5) is 5.69 Å². The van der Waals surface area contributed by atoms with Gasteiger partial charge in [0.1, 0.15) is 11.6 Å². The first kappa shape index (κ1) is 24.9. The van der Waals surface area contributed by atoms with Crippen LogP contribution in [0.2, 0.25) is 5.02 Å². The van der Waals surface area contributed by atoms with Gasteiger partial charge in [-0.3, -0.25) is 14.4 Å². The number of hydrogen-bond acceptors (Lipinski definition) is 6. The van der Waals surface area contributed by atoms with Crippen molar-refractivity contribution in [3.63, 3.8) is 0 Å². The third-order valence-electron chi connectivity index (χ3n) is 7.86. The molecule has 0 aliphatic carbocycles. The van der Waals surface area contributed by atoms with Crippen LogP contribution in [0.3, 0.4) is 0 Å². The van der Waals surface area contributed by atoms with Gasteiger partial charge in [-0.25, -0.2) is 0 Å². The van der Waals surface area contributed by atoms with Crippen LogP contribution >= 0.6 is 11.6 Å². The first-order valence-electron chi connectivity index (χ1n) is 12.0. The fourth-order valence-corrected chi connectivity index (χ4v) is 6.32. The number of hydrogen-bond donors (Lipinski definition) is 2. The predicted molar refractivity (Wildman–Crippen MR) is 126 cm³/mol. The van der Waals surface area contributed by atoms with E-state index in [9.17, 15) is 19.5 Å². The van der Waals surface area contributed by atoms with Gasteiger partial charge in [0.25, 0.3) is 0 Å². The van der Waals surface area contributed by atoms with E-state index in [1.165, 1.54) is 4.90 Å². The lowest BCUT2D eigenvalue weighted by Gasteiger charge is -2.38. The number of aryl methyl sites for hydroxylation is 1. The standard InChI is InChI=1S/C25H33ClN2O6/c1-5-13(3)16(12-29)28-21(22(30)27-20-14(4)8-7-9-15(20)26)25-11-10-17(34-25)18(19(25)23(28)31)24(32)33-6-2/h7-9,13,16-19,21,29H,5-6,10-12H2,1-4H3,(H,27,30)/t13-,16-,17+,18-,19-,21?,25?/m0/s1. The van der Waals surface area contributed by atoms with Crippen LogP contribution in [-0.4, -0.2) is 64.8 Å². The Hall–Kier alpha value is -2.16. The quantitative estimate of drug-likeness (QED) is 0.540. The summed E-state index contributed by atoms with van der Waals surface area (Å²) in [5.41, 5.74) is 0.103. The molecule has 3 fully saturated rings. The van der Waals surface area contributed by atoms with Crippen molar-refractivity contribution in [1.82, 2.24) is 4.90 Å². The molecule has 1 aromatic carbocycles. The van der Waals surface area contributed by atoms with E-state index >= 15 is 0 Å². The van der Waals surface area contributed by atoms with E-state index in [1.54, 1.807) is 19.1 Å². The Morgan fingerprint density at radius 1 is 1.38 bits per heavy atom. The second-order valence-electron chi connectivity index (χ2n) is 9.61. The highest BCUT2D eigenvalue weighted by Crippen LogP contribution is 2.59. The van der Waals surface area contributed by atoms with Crippen molar-refractivity contribution in [2.45, 2.75) is 70.7 Å². The SMILES string of the molecule is CCOC(=O)[C@@H]1[C@H]2C(=O)N([C@@H](CO)[C@@H](C)CC)C(C(=O)Nc3c(C)cccc3Cl)C23CC[C@H]1O3. The summed E-state index contributed by atoms with van der Waals surface area (Å²) < 4.78 is 11.7. The van der Waals surface area contributed by atoms with Crippen LogP contribution in [-0.2, 0) is 23.9 Å². The molecule has 4 rings (SSSR count). The molecule has 2 unspecified atom stereocenters. The van der Waals surface area contributed by atoms with Gasteiger partial charge in [-0.1, -0.05) is 44.0 Å². The maximum atomic E-state index is 13.9. The number of para-hydroxylation sites is 1. The highest BCUT2D eigenvalue weighted by molar-refractivity contribution is 6.34. The summed E-state index contributed by atoms with van der Waals surface area (Å²) in [6.45, 7) is 7.36. The second-order valence-corrected chi connectivity index (χ2v) is 10.0. The monoisotopic (exact) mass is 492 g/mol. The van der Waals surface area contributed by atoms with Crippen LogP contribution in [0, 0.1) is 24.7 Å². The summed E-state index contributed by atoms with van der Waals surface area (Å²) in [6.07, 6.45) is 1.26. The average Bonchev–Trinajstić information content (AvgIpc) is 3.44. The molecule has 0 saturated carbocycles. The number of esters is 1. The van der Waals surface area contributed by atoms with Gasteiger partial charge in [0, 0.05) is 0 Å². The van der Waals surface area contributed by atoms with Crippen LogP contribution in [0.5, 0.6) is 0 Å². The van der Waals surface area contributed by atoms with Crippen LogP contribution in [0.15, 0.2) is 18.2 Å². The first-order valence-corrected chi connectivity index (χ1v) is 12.4. The van der Waals surface area contributed by atoms with Gasteiger partial charge in [-0.05, 0) is 44.2 Å². The number of benzene rings is 1. The van der Waals surface area contributed by atoms with Crippen LogP contribution in [0.25, 0.3) is 0 Å². The average molecular weight is 493 g/mol. The van der Waals surface area contributed by atoms with Gasteiger partial charge in [-0.2, -0.15) is 0 Å². The fourth-order valence-electron chi connectivity index (χ4n) is 6.05. The van der Waals surface area contributed by atoms with Gasteiger partial charge in [-0.15, -0.1) is 0 Å². The summed E-state index contributed by atoms with van der Waals surface area (Å²) in [5.74, 6) is -2.90. The zero-order valence-electron chi connectivity index (χ0n) is 20.0. The minimum Gasteiger partial charge on any atom is -0.466 e. The molecule has 2 amide bonds. The fraction of sp³-hybridized carbons (Fsp3) is 0.640. The van der Waals surface area contributed by atoms with Crippen molar-refractivity contribution in [2.75, 3.05) is 18.5 Å². The normalized spacial score (nSPS) is 31.4. The summed E-state index contributed by atoms with van der Waals surface area (Å²) in [7, 11) is 0. The van der Waals surface area contributed by atoms with Crippen molar-refractivity contribution in [1.29, 1.82) is 0 Å². The Balaban J connectivity index is 1.78. The Kier molecular flexibility index (Phi) is 6.95. The number of aliphatic hydroxyl groups excluding tert-OH is 1. The summed E-state index contributed by atoms with van der Waals surface area (Å²) in [4.78, 5) is 42.2. The molecule has 9 heteroatoms. The summed E-state index contributed by atoms with van der Waals surface area (Å²) in [5, 5.41) is 13.6. The number of carbonyl (C=O) groups is 3. The zero-order chi connectivity index (χ0) is 24.8. The lowest BCUT2D eigenvalue weighted by molar-refractivity contribution is -0.155. The van der Waals surface area contributed by atoms with E-state index in [4.69, 9.17) is 21.1 Å². The highest BCUT2D eigenvalue weighted by atomic mass is 35.5. The summed E-state index contributed by atoms with van der Waals surface area (Å²) >= 11 is 6.37. The molecule has 0 radical (unpaired) electrons. The molecule has 34 heavy (non-hydrogen) atoms. The molecule has 7 atom stereocenters. The summed E-state index contributed by atoms with van der Waals surface area (Å²) in [6, 6.07) is 3.73. The molecule has 2 N–H and O–H groups in total. The van der Waals surface area contributed by atoms with E-state index in [1.807, 2.05) is 26.8 Å². The molecule has 0 aromatic heterocycles. The number of nitrogens with zero attached hydrogens (tertiary/aromatic N) is 1. The minimum absolute atomic E-state index is 0.0697. The van der Waals surface area contributed by atoms with E-state index in [-0.39, 0.29) is 25.0 Å². The number of carbonyl (C=O) groups excluding carboxylic acids is 3. The Bertz CT molecular complexity index is 966. The molecule has 3 saturated heterocycles. The second kappa shape index (κ2) is 9.47. The van der Waals surface area contributed by atoms with Crippen molar-refractivity contribution in [2.24, 2.45) is 17.8 Å².